The van der Waals surface area contributed by atoms with Crippen LogP contribution in [-0.2, 0) is 16.1 Å². The van der Waals surface area contributed by atoms with Crippen molar-refractivity contribution < 1.29 is 14.3 Å². The molecule has 4 nitrogen and oxygen atoms in total. The maximum atomic E-state index is 9.99. The van der Waals surface area contributed by atoms with Gasteiger partial charge in [-0.1, -0.05) is 0 Å². The molecule has 0 aliphatic carbocycles. The van der Waals surface area contributed by atoms with Gasteiger partial charge in [0.25, 0.3) is 0 Å². The minimum atomic E-state index is 0.281. The van der Waals surface area contributed by atoms with Crippen LogP contribution in [0.4, 0.5) is 5.69 Å². The Morgan fingerprint density at radius 3 is 3.23 bits per heavy atom. The van der Waals surface area contributed by atoms with Crippen LogP contribution in [-0.4, -0.2) is 12.9 Å². The molecule has 0 atom stereocenters. The molecule has 4 heteroatoms. The molecule has 1 aliphatic rings. The van der Waals surface area contributed by atoms with Crippen LogP contribution in [0.2, 0.25) is 0 Å². The van der Waals surface area contributed by atoms with Crippen LogP contribution in [0.5, 0.6) is 5.75 Å². The summed E-state index contributed by atoms with van der Waals surface area (Å²) in [5.41, 5.74) is 1.48. The minimum absolute atomic E-state index is 0.281. The largest absolute Gasteiger partial charge is 0.467 e. The molecule has 0 unspecified atom stereocenters. The molecule has 0 radical (unpaired) electrons. The fraction of sp³-hybridized carbons (Fsp3) is 0.222. The van der Waals surface area contributed by atoms with E-state index < -0.39 is 0 Å². The van der Waals surface area contributed by atoms with E-state index in [0.717, 1.165) is 11.3 Å². The summed E-state index contributed by atoms with van der Waals surface area (Å²) in [6.45, 7) is 0.779. The molecule has 0 aromatic heterocycles. The van der Waals surface area contributed by atoms with Gasteiger partial charge < -0.3 is 9.47 Å². The molecule has 0 saturated carbocycles. The number of carbonyl (C=O) groups excluding carboxylic acids is 1. The van der Waals surface area contributed by atoms with Gasteiger partial charge in [-0.2, -0.15) is 4.99 Å². The van der Waals surface area contributed by atoms with Crippen molar-refractivity contribution in [1.82, 2.24) is 0 Å². The van der Waals surface area contributed by atoms with Gasteiger partial charge in [-0.25, -0.2) is 4.79 Å². The first-order chi connectivity index (χ1) is 6.40. The van der Waals surface area contributed by atoms with Crippen molar-refractivity contribution in [3.63, 3.8) is 0 Å². The number of aliphatic imine (C=N–C) groups is 1. The van der Waals surface area contributed by atoms with Crippen LogP contribution in [0.1, 0.15) is 5.56 Å². The quantitative estimate of drug-likeness (QED) is 0.482. The number of fused-ring (bicyclic) bond motifs is 1. The summed E-state index contributed by atoms with van der Waals surface area (Å²) in [5, 5.41) is 0. The minimum Gasteiger partial charge on any atom is -0.467 e. The van der Waals surface area contributed by atoms with Gasteiger partial charge in [0.1, 0.15) is 5.75 Å². The summed E-state index contributed by atoms with van der Waals surface area (Å²) in [6, 6.07) is 5.22. The first-order valence-electron chi connectivity index (χ1n) is 3.81. The van der Waals surface area contributed by atoms with Gasteiger partial charge in [0.05, 0.1) is 12.3 Å². The highest BCUT2D eigenvalue weighted by molar-refractivity contribution is 5.53. The lowest BCUT2D eigenvalue weighted by Crippen LogP contribution is -2.10. The SMILES string of the molecule is O=C=Nc1ccc2c(c1)COCO2. The third-order valence-corrected chi connectivity index (χ3v) is 1.77. The van der Waals surface area contributed by atoms with Crippen LogP contribution in [0.3, 0.4) is 0 Å². The highest BCUT2D eigenvalue weighted by atomic mass is 16.7. The Kier molecular flexibility index (Phi) is 2.08. The molecule has 0 bridgehead atoms. The fourth-order valence-corrected chi connectivity index (χ4v) is 1.20. The number of hydrogen-bond donors (Lipinski definition) is 0. The van der Waals surface area contributed by atoms with E-state index in [9.17, 15) is 4.79 Å². The normalized spacial score (nSPS) is 13.8. The van der Waals surface area contributed by atoms with Crippen molar-refractivity contribution in [3.8, 4) is 5.75 Å². The summed E-state index contributed by atoms with van der Waals surface area (Å²) in [7, 11) is 0. The Labute approximate surface area is 74.8 Å². The zero-order valence-electron chi connectivity index (χ0n) is 6.82. The van der Waals surface area contributed by atoms with Crippen molar-refractivity contribution in [3.05, 3.63) is 23.8 Å². The summed E-state index contributed by atoms with van der Waals surface area (Å²) in [6.07, 6.45) is 1.48. The molecule has 0 N–H and O–H groups in total. The number of benzene rings is 1. The third-order valence-electron chi connectivity index (χ3n) is 1.77. The summed E-state index contributed by atoms with van der Waals surface area (Å²) in [5.74, 6) is 0.788. The monoisotopic (exact) mass is 177 g/mol. The molecular formula is C9H7NO3. The predicted molar refractivity (Wildman–Crippen MR) is 44.5 cm³/mol. The Balaban J connectivity index is 2.40. The number of nitrogens with zero attached hydrogens (tertiary/aromatic N) is 1. The van der Waals surface area contributed by atoms with Gasteiger partial charge in [0.15, 0.2) is 6.79 Å². The van der Waals surface area contributed by atoms with E-state index in [-0.39, 0.29) is 6.79 Å². The van der Waals surface area contributed by atoms with Crippen molar-refractivity contribution >= 4 is 11.8 Å². The fourth-order valence-electron chi connectivity index (χ4n) is 1.20. The average Bonchev–Trinajstić information content (AvgIpc) is 2.18. The van der Waals surface area contributed by atoms with Crippen LogP contribution < -0.4 is 4.74 Å². The van der Waals surface area contributed by atoms with E-state index in [1.165, 1.54) is 6.08 Å². The van der Waals surface area contributed by atoms with Crippen LogP contribution in [0, 0.1) is 0 Å². The summed E-state index contributed by atoms with van der Waals surface area (Å²) < 4.78 is 10.3. The predicted octanol–water partition coefficient (Wildman–Crippen LogP) is 1.52. The van der Waals surface area contributed by atoms with E-state index >= 15 is 0 Å². The van der Waals surface area contributed by atoms with Gasteiger partial charge in [-0.05, 0) is 18.2 Å². The summed E-state index contributed by atoms with van der Waals surface area (Å²) >= 11 is 0. The van der Waals surface area contributed by atoms with Gasteiger partial charge in [-0.15, -0.1) is 0 Å². The Morgan fingerprint density at radius 1 is 1.46 bits per heavy atom. The molecule has 0 spiro atoms. The third kappa shape index (κ3) is 1.59. The molecule has 66 valence electrons. The summed E-state index contributed by atoms with van der Waals surface area (Å²) in [4.78, 5) is 13.5. The molecule has 13 heavy (non-hydrogen) atoms. The number of hydrogen-bond acceptors (Lipinski definition) is 4. The molecule has 2 rings (SSSR count). The van der Waals surface area contributed by atoms with Gasteiger partial charge in [-0.3, -0.25) is 0 Å². The molecule has 1 heterocycles. The number of ether oxygens (including phenoxy) is 2. The lowest BCUT2D eigenvalue weighted by molar-refractivity contribution is -0.0163. The second kappa shape index (κ2) is 3.39. The van der Waals surface area contributed by atoms with E-state index in [2.05, 4.69) is 4.99 Å². The van der Waals surface area contributed by atoms with E-state index in [1.807, 2.05) is 0 Å². The number of isocyanates is 1. The van der Waals surface area contributed by atoms with Crippen LogP contribution >= 0.6 is 0 Å². The first kappa shape index (κ1) is 7.98. The van der Waals surface area contributed by atoms with E-state index in [0.29, 0.717) is 12.3 Å². The second-order valence-electron chi connectivity index (χ2n) is 2.61. The van der Waals surface area contributed by atoms with Crippen molar-refractivity contribution in [2.75, 3.05) is 6.79 Å². The molecule has 1 aromatic rings. The van der Waals surface area contributed by atoms with Gasteiger partial charge in [0, 0.05) is 5.56 Å². The van der Waals surface area contributed by atoms with Crippen molar-refractivity contribution in [2.24, 2.45) is 4.99 Å². The van der Waals surface area contributed by atoms with Crippen LogP contribution in [0.15, 0.2) is 23.2 Å². The first-order valence-corrected chi connectivity index (χ1v) is 3.81. The lowest BCUT2D eigenvalue weighted by atomic mass is 10.2. The Morgan fingerprint density at radius 2 is 2.38 bits per heavy atom. The highest BCUT2D eigenvalue weighted by Gasteiger charge is 2.09. The standard InChI is InChI=1S/C9H7NO3/c11-5-10-8-1-2-9-7(3-8)4-12-6-13-9/h1-3H,4,6H2. The highest BCUT2D eigenvalue weighted by Crippen LogP contribution is 2.27. The lowest BCUT2D eigenvalue weighted by Gasteiger charge is -2.17. The Hall–Kier alpha value is -1.64. The zero-order valence-corrected chi connectivity index (χ0v) is 6.82. The van der Waals surface area contributed by atoms with E-state index in [1.54, 1.807) is 18.2 Å². The smallest absolute Gasteiger partial charge is 0.240 e. The Bertz CT molecular complexity index is 369. The molecule has 1 aromatic carbocycles. The number of rotatable bonds is 1. The second-order valence-corrected chi connectivity index (χ2v) is 2.61. The molecule has 1 aliphatic heterocycles. The maximum Gasteiger partial charge on any atom is 0.240 e. The molecule has 0 fully saturated rings. The van der Waals surface area contributed by atoms with E-state index in [4.69, 9.17) is 9.47 Å². The molecule has 0 amide bonds. The average molecular weight is 177 g/mol. The zero-order chi connectivity index (χ0) is 9.10. The maximum absolute atomic E-state index is 9.99. The molecule has 0 saturated heterocycles. The molecular weight excluding hydrogens is 170 g/mol. The topological polar surface area (TPSA) is 47.9 Å². The van der Waals surface area contributed by atoms with Crippen LogP contribution in [0.25, 0.3) is 0 Å². The van der Waals surface area contributed by atoms with Gasteiger partial charge >= 0.3 is 0 Å². The van der Waals surface area contributed by atoms with Crippen molar-refractivity contribution in [1.29, 1.82) is 0 Å². The van der Waals surface area contributed by atoms with Gasteiger partial charge in [0.2, 0.25) is 6.08 Å². The van der Waals surface area contributed by atoms with Crippen molar-refractivity contribution in [2.45, 2.75) is 6.61 Å².